The summed E-state index contributed by atoms with van der Waals surface area (Å²) in [4.78, 5) is 41.3. The summed E-state index contributed by atoms with van der Waals surface area (Å²) in [7, 11) is 0. The standard InChI is InChI=1S/C26H24ClIN4O3/c27-23-11-8-19(28)16-22(23)26(35)32-14-12-31(13-15-32)24(33)17-29-25(34)18-6-9-21(10-7-18)30-20-4-2-1-3-5-20/h1-11,16,30H,12-15,17H2,(H,29,34). The fourth-order valence-electron chi connectivity index (χ4n) is 3.75. The van der Waals surface area contributed by atoms with Gasteiger partial charge >= 0.3 is 0 Å². The second-order valence-corrected chi connectivity index (χ2v) is 9.70. The Labute approximate surface area is 222 Å². The lowest BCUT2D eigenvalue weighted by Crippen LogP contribution is -2.52. The van der Waals surface area contributed by atoms with Crippen molar-refractivity contribution in [1.82, 2.24) is 15.1 Å². The highest BCUT2D eigenvalue weighted by Gasteiger charge is 2.26. The van der Waals surface area contributed by atoms with Crippen molar-refractivity contribution in [3.63, 3.8) is 0 Å². The molecule has 1 saturated heterocycles. The third-order valence-corrected chi connectivity index (χ3v) is 6.69. The molecule has 4 rings (SSSR count). The smallest absolute Gasteiger partial charge is 0.255 e. The molecule has 0 bridgehead atoms. The highest BCUT2D eigenvalue weighted by Crippen LogP contribution is 2.21. The number of carbonyl (C=O) groups excluding carboxylic acids is 3. The molecule has 3 aromatic carbocycles. The Morgan fingerprint density at radius 2 is 1.46 bits per heavy atom. The van der Waals surface area contributed by atoms with Crippen molar-refractivity contribution < 1.29 is 14.4 Å². The van der Waals surface area contributed by atoms with Gasteiger partial charge in [-0.25, -0.2) is 0 Å². The molecule has 2 N–H and O–H groups in total. The number of amides is 3. The van der Waals surface area contributed by atoms with Crippen LogP contribution in [0.3, 0.4) is 0 Å². The van der Waals surface area contributed by atoms with Crippen molar-refractivity contribution in [2.75, 3.05) is 38.0 Å². The Hall–Kier alpha value is -3.11. The Kier molecular flexibility index (Phi) is 8.25. The van der Waals surface area contributed by atoms with Gasteiger partial charge in [0, 0.05) is 46.7 Å². The number of halogens is 2. The van der Waals surface area contributed by atoms with Gasteiger partial charge in [0.15, 0.2) is 0 Å². The number of hydrogen-bond donors (Lipinski definition) is 2. The number of rotatable bonds is 6. The van der Waals surface area contributed by atoms with Gasteiger partial charge in [0.25, 0.3) is 11.8 Å². The fourth-order valence-corrected chi connectivity index (χ4v) is 4.44. The number of nitrogens with one attached hydrogen (secondary N) is 2. The summed E-state index contributed by atoms with van der Waals surface area (Å²) < 4.78 is 0.932. The van der Waals surface area contributed by atoms with Crippen LogP contribution in [0.2, 0.25) is 5.02 Å². The van der Waals surface area contributed by atoms with Gasteiger partial charge in [-0.1, -0.05) is 29.8 Å². The number of hydrogen-bond acceptors (Lipinski definition) is 4. The first kappa shape index (κ1) is 25.0. The van der Waals surface area contributed by atoms with E-state index in [2.05, 4.69) is 33.2 Å². The quantitative estimate of drug-likeness (QED) is 0.410. The molecule has 3 aromatic rings. The molecule has 0 atom stereocenters. The maximum absolute atomic E-state index is 12.8. The minimum absolute atomic E-state index is 0.0977. The lowest BCUT2D eigenvalue weighted by molar-refractivity contribution is -0.131. The van der Waals surface area contributed by atoms with Gasteiger partial charge in [-0.2, -0.15) is 0 Å². The van der Waals surface area contributed by atoms with Gasteiger partial charge in [0.05, 0.1) is 17.1 Å². The normalized spacial score (nSPS) is 13.3. The fraction of sp³-hybridized carbons (Fsp3) is 0.192. The lowest BCUT2D eigenvalue weighted by Gasteiger charge is -2.35. The molecule has 7 nitrogen and oxygen atoms in total. The molecule has 1 aliphatic heterocycles. The van der Waals surface area contributed by atoms with Crippen LogP contribution in [0, 0.1) is 3.57 Å². The van der Waals surface area contributed by atoms with E-state index in [1.165, 1.54) is 0 Å². The van der Waals surface area contributed by atoms with Crippen molar-refractivity contribution in [3.8, 4) is 0 Å². The molecule has 0 aliphatic carbocycles. The third kappa shape index (κ3) is 6.52. The molecule has 0 unspecified atom stereocenters. The van der Waals surface area contributed by atoms with Crippen LogP contribution >= 0.6 is 34.2 Å². The molecule has 1 aliphatic rings. The highest BCUT2D eigenvalue weighted by atomic mass is 127. The topological polar surface area (TPSA) is 81.8 Å². The van der Waals surface area contributed by atoms with Crippen LogP contribution in [0.4, 0.5) is 11.4 Å². The minimum atomic E-state index is -0.313. The second kappa shape index (κ2) is 11.5. The molecule has 3 amide bonds. The van der Waals surface area contributed by atoms with Crippen molar-refractivity contribution in [2.24, 2.45) is 0 Å². The first-order chi connectivity index (χ1) is 16.9. The first-order valence-corrected chi connectivity index (χ1v) is 12.6. The van der Waals surface area contributed by atoms with E-state index < -0.39 is 0 Å². The van der Waals surface area contributed by atoms with E-state index in [9.17, 15) is 14.4 Å². The van der Waals surface area contributed by atoms with E-state index in [4.69, 9.17) is 11.6 Å². The molecule has 0 radical (unpaired) electrons. The average Bonchev–Trinajstić information content (AvgIpc) is 2.89. The minimum Gasteiger partial charge on any atom is -0.356 e. The average molecular weight is 603 g/mol. The van der Waals surface area contributed by atoms with Gasteiger partial charge in [-0.3, -0.25) is 14.4 Å². The number of carbonyl (C=O) groups is 3. The summed E-state index contributed by atoms with van der Waals surface area (Å²) in [6, 6.07) is 22.1. The van der Waals surface area contributed by atoms with Gasteiger partial charge in [0.2, 0.25) is 5.91 Å². The predicted molar refractivity (Wildman–Crippen MR) is 145 cm³/mol. The SMILES string of the molecule is O=C(NCC(=O)N1CCN(C(=O)c2cc(I)ccc2Cl)CC1)c1ccc(Nc2ccccc2)cc1. The highest BCUT2D eigenvalue weighted by molar-refractivity contribution is 14.1. The van der Waals surface area contributed by atoms with E-state index >= 15 is 0 Å². The van der Waals surface area contributed by atoms with Gasteiger partial charge < -0.3 is 20.4 Å². The first-order valence-electron chi connectivity index (χ1n) is 11.1. The molecule has 0 aromatic heterocycles. The Morgan fingerprint density at radius 3 is 2.14 bits per heavy atom. The molecule has 9 heteroatoms. The zero-order valence-corrected chi connectivity index (χ0v) is 21.8. The summed E-state index contributed by atoms with van der Waals surface area (Å²) >= 11 is 8.34. The Morgan fingerprint density at radius 1 is 0.829 bits per heavy atom. The maximum atomic E-state index is 12.8. The third-order valence-electron chi connectivity index (χ3n) is 5.69. The van der Waals surface area contributed by atoms with Gasteiger partial charge in [0.1, 0.15) is 0 Å². The summed E-state index contributed by atoms with van der Waals surface area (Å²) in [6.45, 7) is 1.54. The van der Waals surface area contributed by atoms with Crippen molar-refractivity contribution >= 4 is 63.3 Å². The van der Waals surface area contributed by atoms with E-state index in [0.717, 1.165) is 14.9 Å². The maximum Gasteiger partial charge on any atom is 0.255 e. The van der Waals surface area contributed by atoms with Crippen LogP contribution in [-0.4, -0.2) is 60.2 Å². The number of anilines is 2. The number of nitrogens with zero attached hydrogens (tertiary/aromatic N) is 2. The number of piperazine rings is 1. The molecule has 1 heterocycles. The molecule has 1 fully saturated rings. The van der Waals surface area contributed by atoms with E-state index in [0.29, 0.717) is 42.3 Å². The van der Waals surface area contributed by atoms with Crippen LogP contribution < -0.4 is 10.6 Å². The van der Waals surface area contributed by atoms with Gasteiger partial charge in [-0.05, 0) is 77.2 Å². The van der Waals surface area contributed by atoms with Crippen LogP contribution in [0.25, 0.3) is 0 Å². The zero-order valence-electron chi connectivity index (χ0n) is 18.8. The number of para-hydroxylation sites is 1. The van der Waals surface area contributed by atoms with Crippen molar-refractivity contribution in [2.45, 2.75) is 0 Å². The summed E-state index contributed by atoms with van der Waals surface area (Å²) in [6.07, 6.45) is 0. The lowest BCUT2D eigenvalue weighted by atomic mass is 10.1. The predicted octanol–water partition coefficient (Wildman–Crippen LogP) is 4.40. The Balaban J connectivity index is 1.24. The summed E-state index contributed by atoms with van der Waals surface area (Å²) in [5.74, 6) is -0.633. The van der Waals surface area contributed by atoms with Gasteiger partial charge in [-0.15, -0.1) is 0 Å². The Bertz CT molecular complexity index is 1210. The van der Waals surface area contributed by atoms with E-state index in [1.807, 2.05) is 48.5 Å². The molecular weight excluding hydrogens is 579 g/mol. The number of benzene rings is 3. The summed E-state index contributed by atoms with van der Waals surface area (Å²) in [5, 5.41) is 6.37. The van der Waals surface area contributed by atoms with Crippen molar-refractivity contribution in [1.29, 1.82) is 0 Å². The largest absolute Gasteiger partial charge is 0.356 e. The molecule has 180 valence electrons. The monoisotopic (exact) mass is 602 g/mol. The van der Waals surface area contributed by atoms with Crippen LogP contribution in [0.5, 0.6) is 0 Å². The molecule has 35 heavy (non-hydrogen) atoms. The molecule has 0 saturated carbocycles. The van der Waals surface area contributed by atoms with Crippen LogP contribution in [0.1, 0.15) is 20.7 Å². The van der Waals surface area contributed by atoms with Crippen molar-refractivity contribution in [3.05, 3.63) is 92.5 Å². The molecule has 0 spiro atoms. The summed E-state index contributed by atoms with van der Waals surface area (Å²) in [5.41, 5.74) is 2.76. The van der Waals surface area contributed by atoms with Crippen LogP contribution in [0.15, 0.2) is 72.8 Å². The van der Waals surface area contributed by atoms with Crippen LogP contribution in [-0.2, 0) is 4.79 Å². The zero-order chi connectivity index (χ0) is 24.8. The molecular formula is C26H24ClIN4O3. The van der Waals surface area contributed by atoms with E-state index in [1.54, 1.807) is 34.1 Å². The van der Waals surface area contributed by atoms with E-state index in [-0.39, 0.29) is 24.3 Å². The second-order valence-electron chi connectivity index (χ2n) is 8.05.